The Morgan fingerprint density at radius 2 is 1.70 bits per heavy atom. The Bertz CT molecular complexity index is 958. The summed E-state index contributed by atoms with van der Waals surface area (Å²) in [5, 5.41) is 0. The Balaban J connectivity index is 0.000000208. The van der Waals surface area contributed by atoms with E-state index in [4.69, 9.17) is 4.74 Å². The van der Waals surface area contributed by atoms with E-state index < -0.39 is 10.1 Å². The van der Waals surface area contributed by atoms with Crippen molar-refractivity contribution in [3.63, 3.8) is 0 Å². The van der Waals surface area contributed by atoms with E-state index in [1.54, 1.807) is 12.1 Å². The molecule has 6 nitrogen and oxygen atoms in total. The Hall–Kier alpha value is -2.51. The number of hydrogen-bond donors (Lipinski definition) is 0. The second kappa shape index (κ2) is 8.45. The lowest BCUT2D eigenvalue weighted by Crippen LogP contribution is -2.26. The summed E-state index contributed by atoms with van der Waals surface area (Å²) in [4.78, 5) is 11.8. The molecule has 0 amide bonds. The number of Topliss-reactive ketones (excluding diaryl/α,β-unsaturated/α-hetero) is 1. The van der Waals surface area contributed by atoms with E-state index in [0.29, 0.717) is 6.42 Å². The van der Waals surface area contributed by atoms with Gasteiger partial charge < -0.3 is 9.29 Å². The zero-order valence-corrected chi connectivity index (χ0v) is 16.6. The molecule has 0 saturated carbocycles. The molecule has 144 valence electrons. The summed E-state index contributed by atoms with van der Waals surface area (Å²) >= 11 is 0. The maximum absolute atomic E-state index is 12.0. The van der Waals surface area contributed by atoms with Crippen LogP contribution in [0.1, 0.15) is 28.4 Å². The van der Waals surface area contributed by atoms with Crippen LogP contribution < -0.4 is 0 Å². The van der Waals surface area contributed by atoms with Crippen LogP contribution in [0.5, 0.6) is 0 Å². The molecule has 0 saturated heterocycles. The molecule has 0 aromatic heterocycles. The van der Waals surface area contributed by atoms with Crippen molar-refractivity contribution in [1.82, 2.24) is 0 Å². The molecule has 1 unspecified atom stereocenters. The van der Waals surface area contributed by atoms with Gasteiger partial charge in [0.25, 0.3) is 0 Å². The predicted molar refractivity (Wildman–Crippen MR) is 101 cm³/mol. The first kappa shape index (κ1) is 20.8. The molecule has 1 aliphatic rings. The minimum atomic E-state index is -4.27. The van der Waals surface area contributed by atoms with Crippen molar-refractivity contribution < 1.29 is 27.1 Å². The van der Waals surface area contributed by atoms with Crippen molar-refractivity contribution in [2.75, 3.05) is 14.1 Å². The fourth-order valence-electron chi connectivity index (χ4n) is 2.52. The highest BCUT2D eigenvalue weighted by Crippen LogP contribution is 2.23. The maximum atomic E-state index is 12.0. The van der Waals surface area contributed by atoms with Crippen LogP contribution >= 0.6 is 0 Å². The summed E-state index contributed by atoms with van der Waals surface area (Å²) in [5.41, 5.74) is 2.82. The molecule has 2 aromatic rings. The topological polar surface area (TPSA) is 86.5 Å². The summed E-state index contributed by atoms with van der Waals surface area (Å²) < 4.78 is 38.7. The lowest BCUT2D eigenvalue weighted by Gasteiger charge is -2.08. The average molecular weight is 389 g/mol. The molecule has 0 bridgehead atoms. The van der Waals surface area contributed by atoms with Crippen LogP contribution in [-0.2, 0) is 21.3 Å². The number of ketones is 1. The third-order valence-corrected chi connectivity index (χ3v) is 5.08. The number of aryl methyl sites for hydroxylation is 1. The highest BCUT2D eigenvalue weighted by molar-refractivity contribution is 7.85. The molecule has 0 radical (unpaired) electrons. The van der Waals surface area contributed by atoms with Crippen LogP contribution in [0, 0.1) is 6.92 Å². The minimum Gasteiger partial charge on any atom is -0.744 e. The Labute approximate surface area is 159 Å². The van der Waals surface area contributed by atoms with Crippen molar-refractivity contribution >= 4 is 21.8 Å². The fourth-order valence-corrected chi connectivity index (χ4v) is 2.99. The van der Waals surface area contributed by atoms with Gasteiger partial charge in [0.1, 0.15) is 24.2 Å². The van der Waals surface area contributed by atoms with Gasteiger partial charge in [0.2, 0.25) is 5.78 Å². The number of ether oxygens (including phenoxy) is 1. The zero-order valence-electron chi connectivity index (χ0n) is 15.8. The van der Waals surface area contributed by atoms with E-state index in [9.17, 15) is 17.8 Å². The van der Waals surface area contributed by atoms with Gasteiger partial charge in [0.05, 0.1) is 11.8 Å². The Kier molecular flexibility index (Phi) is 6.51. The zero-order chi connectivity index (χ0) is 20.2. The minimum absolute atomic E-state index is 0.0943. The molecule has 1 aliphatic carbocycles. The number of carbonyl (C=O) groups is 1. The monoisotopic (exact) mass is 389 g/mol. The van der Waals surface area contributed by atoms with Crippen LogP contribution in [0.3, 0.4) is 0 Å². The quantitative estimate of drug-likeness (QED) is 0.341. The van der Waals surface area contributed by atoms with Gasteiger partial charge >= 0.3 is 5.90 Å². The SMILES string of the molecule is CC(OC1Cc2ccccc2C1=O)=[N+](C)C.Cc1ccc(S(=O)(=O)[O-])cc1. The summed E-state index contributed by atoms with van der Waals surface area (Å²) in [6.07, 6.45) is 0.333. The Morgan fingerprint density at radius 1 is 1.11 bits per heavy atom. The lowest BCUT2D eigenvalue weighted by molar-refractivity contribution is -0.475. The van der Waals surface area contributed by atoms with Crippen molar-refractivity contribution in [1.29, 1.82) is 0 Å². The first-order chi connectivity index (χ1) is 12.6. The molecule has 3 rings (SSSR count). The van der Waals surface area contributed by atoms with Crippen molar-refractivity contribution in [2.24, 2.45) is 0 Å². The van der Waals surface area contributed by atoms with Gasteiger partial charge in [0.15, 0.2) is 6.10 Å². The summed E-state index contributed by atoms with van der Waals surface area (Å²) in [7, 11) is -0.460. The van der Waals surface area contributed by atoms with Gasteiger partial charge in [-0.25, -0.2) is 13.0 Å². The molecule has 1 atom stereocenters. The largest absolute Gasteiger partial charge is 0.744 e. The van der Waals surface area contributed by atoms with E-state index in [1.807, 2.05) is 56.8 Å². The average Bonchev–Trinajstić information content (AvgIpc) is 2.91. The van der Waals surface area contributed by atoms with Crippen LogP contribution in [0.25, 0.3) is 0 Å². The van der Waals surface area contributed by atoms with Gasteiger partial charge in [-0.1, -0.05) is 42.0 Å². The highest BCUT2D eigenvalue weighted by atomic mass is 32.2. The summed E-state index contributed by atoms with van der Waals surface area (Å²) in [6.45, 7) is 3.69. The van der Waals surface area contributed by atoms with Gasteiger partial charge in [-0.15, -0.1) is 0 Å². The first-order valence-electron chi connectivity index (χ1n) is 8.42. The maximum Gasteiger partial charge on any atom is 0.333 e. The number of benzene rings is 2. The predicted octanol–water partition coefficient (Wildman–Crippen LogP) is 2.40. The molecule has 2 aromatic carbocycles. The van der Waals surface area contributed by atoms with E-state index in [-0.39, 0.29) is 16.8 Å². The van der Waals surface area contributed by atoms with Gasteiger partial charge in [-0.2, -0.15) is 0 Å². The van der Waals surface area contributed by atoms with Crippen molar-refractivity contribution in [3.05, 3.63) is 65.2 Å². The number of nitrogens with zero attached hydrogens (tertiary/aromatic N) is 1. The molecule has 7 heteroatoms. The van der Waals surface area contributed by atoms with E-state index in [0.717, 1.165) is 22.6 Å². The van der Waals surface area contributed by atoms with Crippen molar-refractivity contribution in [2.45, 2.75) is 31.3 Å². The molecule has 0 N–H and O–H groups in total. The lowest BCUT2D eigenvalue weighted by atomic mass is 10.1. The molecular formula is C20H23NO5S. The molecular weight excluding hydrogens is 366 g/mol. The smallest absolute Gasteiger partial charge is 0.333 e. The van der Waals surface area contributed by atoms with E-state index in [1.165, 1.54) is 12.1 Å². The summed E-state index contributed by atoms with van der Waals surface area (Å²) in [6, 6.07) is 13.5. The molecule has 27 heavy (non-hydrogen) atoms. The van der Waals surface area contributed by atoms with Crippen LogP contribution in [0.15, 0.2) is 53.4 Å². The second-order valence-electron chi connectivity index (χ2n) is 6.51. The van der Waals surface area contributed by atoms with Crippen molar-refractivity contribution in [3.8, 4) is 0 Å². The summed E-state index contributed by atoms with van der Waals surface area (Å²) in [5.74, 6) is 0.864. The first-order valence-corrected chi connectivity index (χ1v) is 9.82. The highest BCUT2D eigenvalue weighted by Gasteiger charge is 2.32. The van der Waals surface area contributed by atoms with Crippen LogP contribution in [0.4, 0.5) is 0 Å². The third-order valence-electron chi connectivity index (χ3n) is 4.23. The normalized spacial score (nSPS) is 15.4. The van der Waals surface area contributed by atoms with Crippen LogP contribution in [-0.4, -0.2) is 49.4 Å². The second-order valence-corrected chi connectivity index (χ2v) is 7.89. The number of hydrogen-bond acceptors (Lipinski definition) is 5. The van der Waals surface area contributed by atoms with Gasteiger partial charge in [-0.05, 0) is 24.6 Å². The van der Waals surface area contributed by atoms with Gasteiger partial charge in [-0.3, -0.25) is 4.79 Å². The van der Waals surface area contributed by atoms with Crippen LogP contribution in [0.2, 0.25) is 0 Å². The Morgan fingerprint density at radius 3 is 2.22 bits per heavy atom. The standard InChI is InChI=1S/C13H16NO2.C7H8O3S/c1-9(14(2)3)16-12-8-10-6-4-5-7-11(10)13(12)15;1-6-2-4-7(5-3-6)11(8,9)10/h4-7,12H,8H2,1-3H3;2-5H,1H3,(H,8,9,10)/q+1;/p-1. The number of rotatable bonds is 2. The van der Waals surface area contributed by atoms with Gasteiger partial charge in [0, 0.05) is 12.0 Å². The molecule has 0 spiro atoms. The molecule has 0 heterocycles. The molecule has 0 fully saturated rings. The van der Waals surface area contributed by atoms with E-state index in [2.05, 4.69) is 0 Å². The molecule has 0 aliphatic heterocycles. The fraction of sp³-hybridized carbons (Fsp3) is 0.300. The number of fused-ring (bicyclic) bond motifs is 1. The third kappa shape index (κ3) is 5.48. The van der Waals surface area contributed by atoms with E-state index >= 15 is 0 Å². The number of carbonyl (C=O) groups excluding carboxylic acids is 1.